The van der Waals surface area contributed by atoms with Gasteiger partial charge in [-0.25, -0.2) is 0 Å². The summed E-state index contributed by atoms with van der Waals surface area (Å²) in [5.74, 6) is 0. The molecule has 4 nitrogen and oxygen atoms in total. The molecule has 0 saturated carbocycles. The fourth-order valence-electron chi connectivity index (χ4n) is 2.79. The second-order valence-electron chi connectivity index (χ2n) is 5.86. The monoisotopic (exact) mass is 301 g/mol. The first kappa shape index (κ1) is 13.6. The van der Waals surface area contributed by atoms with Crippen LogP contribution < -0.4 is 5.56 Å². The minimum Gasteiger partial charge on any atom is -0.319 e. The maximum absolute atomic E-state index is 12.5. The number of hydrogen-bond donors (Lipinski definition) is 1. The molecule has 0 saturated heterocycles. The van der Waals surface area contributed by atoms with Crippen molar-refractivity contribution in [1.29, 1.82) is 0 Å². The Bertz CT molecular complexity index is 1100. The topological polar surface area (TPSA) is 58.6 Å². The Labute approximate surface area is 132 Å². The molecule has 0 radical (unpaired) electrons. The zero-order valence-corrected chi connectivity index (χ0v) is 12.9. The molecule has 0 aliphatic carbocycles. The van der Waals surface area contributed by atoms with E-state index in [0.717, 1.165) is 33.1 Å². The van der Waals surface area contributed by atoms with Gasteiger partial charge in [-0.3, -0.25) is 4.79 Å². The van der Waals surface area contributed by atoms with Crippen LogP contribution in [0.4, 0.5) is 0 Å². The standard InChI is InChI=1S/C19H15N3O/c1-11-3-6-13(7-4-11)15-10-17-18(20-19(15)23)14-8-5-12(2)9-16(14)21-22-17/h3-10H,1-2H3,(H,20,23). The van der Waals surface area contributed by atoms with Crippen molar-refractivity contribution in [2.24, 2.45) is 0 Å². The molecule has 4 rings (SSSR count). The highest BCUT2D eigenvalue weighted by Gasteiger charge is 2.10. The van der Waals surface area contributed by atoms with E-state index in [-0.39, 0.29) is 5.56 Å². The molecule has 0 fully saturated rings. The van der Waals surface area contributed by atoms with Gasteiger partial charge in [0.2, 0.25) is 0 Å². The number of nitrogens with zero attached hydrogens (tertiary/aromatic N) is 2. The summed E-state index contributed by atoms with van der Waals surface area (Å²) in [6.45, 7) is 4.03. The first-order valence-corrected chi connectivity index (χ1v) is 7.49. The Morgan fingerprint density at radius 2 is 1.52 bits per heavy atom. The molecule has 0 spiro atoms. The van der Waals surface area contributed by atoms with Crippen molar-refractivity contribution < 1.29 is 0 Å². The molecule has 2 aromatic carbocycles. The lowest BCUT2D eigenvalue weighted by Gasteiger charge is -2.06. The SMILES string of the molecule is Cc1ccc(-c2cc3nnc4cc(C)ccc4c3[nH]c2=O)cc1. The number of aryl methyl sites for hydroxylation is 2. The number of H-pyrrole nitrogens is 1. The van der Waals surface area contributed by atoms with Gasteiger partial charge in [-0.15, -0.1) is 10.2 Å². The van der Waals surface area contributed by atoms with Crippen LogP contribution in [0.15, 0.2) is 53.3 Å². The molecular formula is C19H15N3O. The Balaban J connectivity index is 2.01. The molecule has 0 unspecified atom stereocenters. The number of aromatic amines is 1. The summed E-state index contributed by atoms with van der Waals surface area (Å²) in [4.78, 5) is 15.5. The van der Waals surface area contributed by atoms with Crippen LogP contribution in [-0.2, 0) is 0 Å². The van der Waals surface area contributed by atoms with Crippen LogP contribution in [0, 0.1) is 13.8 Å². The average Bonchev–Trinajstić information content (AvgIpc) is 2.55. The molecule has 4 heteroatoms. The van der Waals surface area contributed by atoms with Crippen molar-refractivity contribution in [1.82, 2.24) is 15.2 Å². The third-order valence-corrected chi connectivity index (χ3v) is 4.07. The van der Waals surface area contributed by atoms with Gasteiger partial charge in [-0.2, -0.15) is 0 Å². The number of hydrogen-bond acceptors (Lipinski definition) is 3. The van der Waals surface area contributed by atoms with Gasteiger partial charge in [0.1, 0.15) is 5.52 Å². The van der Waals surface area contributed by atoms with Crippen molar-refractivity contribution in [2.75, 3.05) is 0 Å². The quantitative estimate of drug-likeness (QED) is 0.545. The molecule has 0 aliphatic heterocycles. The lowest BCUT2D eigenvalue weighted by molar-refractivity contribution is 1.11. The molecule has 4 aromatic rings. The summed E-state index contributed by atoms with van der Waals surface area (Å²) < 4.78 is 0. The van der Waals surface area contributed by atoms with E-state index in [9.17, 15) is 4.79 Å². The summed E-state index contributed by atoms with van der Waals surface area (Å²) in [6.07, 6.45) is 0. The van der Waals surface area contributed by atoms with Gasteiger partial charge in [-0.05, 0) is 37.1 Å². The van der Waals surface area contributed by atoms with E-state index in [1.807, 2.05) is 62.4 Å². The lowest BCUT2D eigenvalue weighted by Crippen LogP contribution is -2.09. The number of nitrogens with one attached hydrogen (secondary N) is 1. The van der Waals surface area contributed by atoms with E-state index < -0.39 is 0 Å². The molecule has 112 valence electrons. The highest BCUT2D eigenvalue weighted by atomic mass is 16.1. The third-order valence-electron chi connectivity index (χ3n) is 4.07. The number of fused-ring (bicyclic) bond motifs is 3. The van der Waals surface area contributed by atoms with E-state index in [2.05, 4.69) is 15.2 Å². The van der Waals surface area contributed by atoms with Gasteiger partial charge in [0.25, 0.3) is 5.56 Å². The van der Waals surface area contributed by atoms with Gasteiger partial charge >= 0.3 is 0 Å². The van der Waals surface area contributed by atoms with E-state index in [1.165, 1.54) is 0 Å². The zero-order chi connectivity index (χ0) is 16.0. The second-order valence-corrected chi connectivity index (χ2v) is 5.86. The van der Waals surface area contributed by atoms with E-state index in [1.54, 1.807) is 0 Å². The highest BCUT2D eigenvalue weighted by molar-refractivity contribution is 6.01. The van der Waals surface area contributed by atoms with Crippen LogP contribution in [0.5, 0.6) is 0 Å². The van der Waals surface area contributed by atoms with Crippen LogP contribution in [0.25, 0.3) is 33.1 Å². The fourth-order valence-corrected chi connectivity index (χ4v) is 2.79. The normalized spacial score (nSPS) is 11.2. The van der Waals surface area contributed by atoms with Crippen molar-refractivity contribution in [2.45, 2.75) is 13.8 Å². The predicted molar refractivity (Wildman–Crippen MR) is 92.6 cm³/mol. The molecule has 0 aliphatic rings. The molecule has 1 N–H and O–H groups in total. The molecule has 23 heavy (non-hydrogen) atoms. The number of pyridine rings is 1. The van der Waals surface area contributed by atoms with Crippen LogP contribution in [0.2, 0.25) is 0 Å². The van der Waals surface area contributed by atoms with E-state index in [4.69, 9.17) is 0 Å². The van der Waals surface area contributed by atoms with E-state index >= 15 is 0 Å². The van der Waals surface area contributed by atoms with Crippen molar-refractivity contribution in [3.63, 3.8) is 0 Å². The van der Waals surface area contributed by atoms with Crippen LogP contribution in [-0.4, -0.2) is 15.2 Å². The minimum absolute atomic E-state index is 0.115. The Morgan fingerprint density at radius 1 is 0.826 bits per heavy atom. The van der Waals surface area contributed by atoms with Crippen molar-refractivity contribution in [3.8, 4) is 11.1 Å². The van der Waals surface area contributed by atoms with Crippen LogP contribution >= 0.6 is 0 Å². The number of benzene rings is 2. The average molecular weight is 301 g/mol. The van der Waals surface area contributed by atoms with E-state index in [0.29, 0.717) is 11.1 Å². The molecule has 2 aromatic heterocycles. The molecule has 0 bridgehead atoms. The first-order chi connectivity index (χ1) is 11.1. The second kappa shape index (κ2) is 5.02. The largest absolute Gasteiger partial charge is 0.319 e. The summed E-state index contributed by atoms with van der Waals surface area (Å²) in [5, 5.41) is 9.46. The number of aromatic nitrogens is 3. The van der Waals surface area contributed by atoms with Crippen LogP contribution in [0.1, 0.15) is 11.1 Å². The molecular weight excluding hydrogens is 286 g/mol. The van der Waals surface area contributed by atoms with Crippen molar-refractivity contribution >= 4 is 21.9 Å². The van der Waals surface area contributed by atoms with Crippen molar-refractivity contribution in [3.05, 3.63) is 70.0 Å². The first-order valence-electron chi connectivity index (χ1n) is 7.49. The molecule has 2 heterocycles. The third kappa shape index (κ3) is 2.28. The molecule has 0 amide bonds. The summed E-state index contributed by atoms with van der Waals surface area (Å²) >= 11 is 0. The Morgan fingerprint density at radius 3 is 2.30 bits per heavy atom. The summed E-state index contributed by atoms with van der Waals surface area (Å²) in [5.41, 5.74) is 5.86. The highest BCUT2D eigenvalue weighted by Crippen LogP contribution is 2.23. The number of rotatable bonds is 1. The molecule has 0 atom stereocenters. The zero-order valence-electron chi connectivity index (χ0n) is 12.9. The predicted octanol–water partition coefficient (Wildman–Crippen LogP) is 3.76. The van der Waals surface area contributed by atoms with Gasteiger partial charge < -0.3 is 4.98 Å². The summed E-state index contributed by atoms with van der Waals surface area (Å²) in [6, 6.07) is 15.6. The fraction of sp³-hybridized carbons (Fsp3) is 0.105. The van der Waals surface area contributed by atoms with Gasteiger partial charge in [0.15, 0.2) is 0 Å². The summed E-state index contributed by atoms with van der Waals surface area (Å²) in [7, 11) is 0. The smallest absolute Gasteiger partial charge is 0.256 e. The lowest BCUT2D eigenvalue weighted by atomic mass is 10.0. The van der Waals surface area contributed by atoms with Gasteiger partial charge in [0, 0.05) is 10.9 Å². The van der Waals surface area contributed by atoms with Gasteiger partial charge in [0.05, 0.1) is 11.0 Å². The minimum atomic E-state index is -0.115. The Kier molecular flexibility index (Phi) is 2.98. The maximum atomic E-state index is 12.5. The van der Waals surface area contributed by atoms with Gasteiger partial charge in [-0.1, -0.05) is 42.0 Å². The Hall–Kier alpha value is -3.01. The maximum Gasteiger partial charge on any atom is 0.256 e. The van der Waals surface area contributed by atoms with Crippen LogP contribution in [0.3, 0.4) is 0 Å².